The highest BCUT2D eigenvalue weighted by Crippen LogP contribution is 2.14. The molecule has 0 aromatic rings. The summed E-state index contributed by atoms with van der Waals surface area (Å²) in [5.41, 5.74) is 0. The Morgan fingerprint density at radius 2 is 1.45 bits per heavy atom. The van der Waals surface area contributed by atoms with Crippen molar-refractivity contribution in [2.24, 2.45) is 5.92 Å². The maximum Gasteiger partial charge on any atom is 0.239 e. The third-order valence-electron chi connectivity index (χ3n) is 4.88. The molecule has 2 amide bonds. The van der Waals surface area contributed by atoms with Crippen LogP contribution in [0.5, 0.6) is 0 Å². The van der Waals surface area contributed by atoms with Gasteiger partial charge in [0.15, 0.2) is 0 Å². The molecule has 0 spiro atoms. The van der Waals surface area contributed by atoms with Crippen LogP contribution in [0.3, 0.4) is 0 Å². The van der Waals surface area contributed by atoms with Crippen molar-refractivity contribution >= 4 is 11.8 Å². The molecule has 0 aliphatic carbocycles. The molecule has 0 aromatic carbocycles. The molecule has 2 heterocycles. The first-order chi connectivity index (χ1) is 10.5. The average Bonchev–Trinajstić information content (AvgIpc) is 3.07. The average molecular weight is 310 g/mol. The van der Waals surface area contributed by atoms with Gasteiger partial charge in [-0.2, -0.15) is 0 Å². The van der Waals surface area contributed by atoms with Crippen molar-refractivity contribution in [2.75, 3.05) is 52.9 Å². The molecule has 0 saturated carbocycles. The van der Waals surface area contributed by atoms with E-state index >= 15 is 0 Å². The molecule has 6 nitrogen and oxygen atoms in total. The van der Waals surface area contributed by atoms with Crippen molar-refractivity contribution in [1.82, 2.24) is 20.0 Å². The number of likely N-dealkylation sites (tertiary alicyclic amines) is 1. The molecular weight excluding hydrogens is 280 g/mol. The monoisotopic (exact) mass is 310 g/mol. The molecule has 2 fully saturated rings. The minimum atomic E-state index is -0.0647. The second-order valence-electron chi connectivity index (χ2n) is 6.53. The summed E-state index contributed by atoms with van der Waals surface area (Å²) in [6.45, 7) is 9.52. The Kier molecular flexibility index (Phi) is 6.20. The lowest BCUT2D eigenvalue weighted by Gasteiger charge is -2.39. The molecule has 2 unspecified atom stereocenters. The third kappa shape index (κ3) is 3.98. The zero-order valence-electron chi connectivity index (χ0n) is 14.2. The first-order valence-electron chi connectivity index (χ1n) is 8.50. The maximum absolute atomic E-state index is 12.4. The lowest BCUT2D eigenvalue weighted by Crippen LogP contribution is -2.56. The van der Waals surface area contributed by atoms with Gasteiger partial charge >= 0.3 is 0 Å². The summed E-state index contributed by atoms with van der Waals surface area (Å²) < 4.78 is 0. The molecule has 2 saturated heterocycles. The zero-order chi connectivity index (χ0) is 16.1. The van der Waals surface area contributed by atoms with Gasteiger partial charge in [0.25, 0.3) is 0 Å². The number of carbonyl (C=O) groups excluding carboxylic acids is 2. The van der Waals surface area contributed by atoms with Crippen LogP contribution < -0.4 is 5.32 Å². The van der Waals surface area contributed by atoms with Crippen LogP contribution in [-0.2, 0) is 9.59 Å². The summed E-state index contributed by atoms with van der Waals surface area (Å²) >= 11 is 0. The Hall–Kier alpha value is -1.14. The number of carbonyl (C=O) groups is 2. The number of hydrogen-bond donors (Lipinski definition) is 1. The van der Waals surface area contributed by atoms with Gasteiger partial charge in [0, 0.05) is 51.7 Å². The molecular formula is C16H30N4O2. The van der Waals surface area contributed by atoms with E-state index in [-0.39, 0.29) is 23.8 Å². The van der Waals surface area contributed by atoms with Crippen LogP contribution in [-0.4, -0.2) is 85.4 Å². The summed E-state index contributed by atoms with van der Waals surface area (Å²) in [5, 5.41) is 3.05. The van der Waals surface area contributed by atoms with Gasteiger partial charge in [-0.25, -0.2) is 0 Å². The van der Waals surface area contributed by atoms with Crippen LogP contribution >= 0.6 is 0 Å². The van der Waals surface area contributed by atoms with E-state index < -0.39 is 0 Å². The highest BCUT2D eigenvalue weighted by atomic mass is 16.2. The molecule has 2 atom stereocenters. The highest BCUT2D eigenvalue weighted by molar-refractivity contribution is 5.82. The quantitative estimate of drug-likeness (QED) is 0.776. The van der Waals surface area contributed by atoms with Crippen molar-refractivity contribution < 1.29 is 9.59 Å². The molecule has 1 N–H and O–H groups in total. The summed E-state index contributed by atoms with van der Waals surface area (Å²) in [7, 11) is 1.87. The van der Waals surface area contributed by atoms with E-state index in [1.54, 1.807) is 0 Å². The second kappa shape index (κ2) is 7.92. The summed E-state index contributed by atoms with van der Waals surface area (Å²) in [5.74, 6) is 0.480. The lowest BCUT2D eigenvalue weighted by molar-refractivity contribution is -0.139. The van der Waals surface area contributed by atoms with Crippen molar-refractivity contribution in [2.45, 2.75) is 32.7 Å². The number of rotatable bonds is 5. The maximum atomic E-state index is 12.4. The Morgan fingerprint density at radius 3 is 2.00 bits per heavy atom. The Labute approximate surface area is 133 Å². The fourth-order valence-electron chi connectivity index (χ4n) is 3.39. The van der Waals surface area contributed by atoms with Gasteiger partial charge in [0.1, 0.15) is 0 Å². The minimum Gasteiger partial charge on any atom is -0.341 e. The molecule has 126 valence electrons. The molecule has 2 aliphatic rings. The first kappa shape index (κ1) is 17.2. The molecule has 0 radical (unpaired) electrons. The van der Waals surface area contributed by atoms with Crippen LogP contribution in [0, 0.1) is 5.92 Å². The lowest BCUT2D eigenvalue weighted by atomic mass is 10.1. The smallest absolute Gasteiger partial charge is 0.239 e. The Morgan fingerprint density at radius 1 is 0.909 bits per heavy atom. The van der Waals surface area contributed by atoms with Gasteiger partial charge in [-0.3, -0.25) is 14.5 Å². The number of piperazine rings is 1. The summed E-state index contributed by atoms with van der Waals surface area (Å²) in [6, 6.07) is -0.0647. The highest BCUT2D eigenvalue weighted by Gasteiger charge is 2.31. The van der Waals surface area contributed by atoms with E-state index in [1.807, 2.05) is 30.7 Å². The van der Waals surface area contributed by atoms with Crippen molar-refractivity contribution in [3.05, 3.63) is 0 Å². The predicted octanol–water partition coefficient (Wildman–Crippen LogP) is -0.00300. The van der Waals surface area contributed by atoms with E-state index in [4.69, 9.17) is 0 Å². The van der Waals surface area contributed by atoms with E-state index in [0.717, 1.165) is 52.1 Å². The molecule has 0 aromatic heterocycles. The molecule has 0 bridgehead atoms. The Balaban J connectivity index is 1.81. The molecule has 22 heavy (non-hydrogen) atoms. The first-order valence-corrected chi connectivity index (χ1v) is 8.50. The van der Waals surface area contributed by atoms with E-state index in [0.29, 0.717) is 6.54 Å². The zero-order valence-corrected chi connectivity index (χ0v) is 14.2. The van der Waals surface area contributed by atoms with Gasteiger partial charge in [-0.15, -0.1) is 0 Å². The molecule has 2 aliphatic heterocycles. The number of nitrogens with one attached hydrogen (secondary N) is 1. The number of nitrogens with zero attached hydrogens (tertiary/aromatic N) is 3. The number of hydrogen-bond acceptors (Lipinski definition) is 4. The largest absolute Gasteiger partial charge is 0.341 e. The third-order valence-corrected chi connectivity index (χ3v) is 4.88. The van der Waals surface area contributed by atoms with Crippen LogP contribution in [0.4, 0.5) is 0 Å². The molecule has 2 rings (SSSR count). The fourth-order valence-corrected chi connectivity index (χ4v) is 3.39. The SMILES string of the molecule is CNCC(C)C(=O)N1CCN(C(C)C(=O)N2CCCC2)CC1. The predicted molar refractivity (Wildman–Crippen MR) is 86.5 cm³/mol. The van der Waals surface area contributed by atoms with Crippen molar-refractivity contribution in [1.29, 1.82) is 0 Å². The van der Waals surface area contributed by atoms with Gasteiger partial charge < -0.3 is 15.1 Å². The summed E-state index contributed by atoms with van der Waals surface area (Å²) in [6.07, 6.45) is 2.26. The second-order valence-corrected chi connectivity index (χ2v) is 6.53. The minimum absolute atomic E-state index is 0.0141. The van der Waals surface area contributed by atoms with Crippen LogP contribution in [0.2, 0.25) is 0 Å². The van der Waals surface area contributed by atoms with E-state index in [2.05, 4.69) is 10.2 Å². The fraction of sp³-hybridized carbons (Fsp3) is 0.875. The van der Waals surface area contributed by atoms with Gasteiger partial charge in [0.2, 0.25) is 11.8 Å². The van der Waals surface area contributed by atoms with Gasteiger partial charge in [-0.05, 0) is 26.8 Å². The topological polar surface area (TPSA) is 55.9 Å². The molecule has 6 heteroatoms. The van der Waals surface area contributed by atoms with Crippen LogP contribution in [0.25, 0.3) is 0 Å². The Bertz CT molecular complexity index is 388. The van der Waals surface area contributed by atoms with E-state index in [9.17, 15) is 9.59 Å². The number of amides is 2. The summed E-state index contributed by atoms with van der Waals surface area (Å²) in [4.78, 5) is 30.9. The van der Waals surface area contributed by atoms with Crippen molar-refractivity contribution in [3.8, 4) is 0 Å². The van der Waals surface area contributed by atoms with Crippen molar-refractivity contribution in [3.63, 3.8) is 0 Å². The van der Waals surface area contributed by atoms with Gasteiger partial charge in [0.05, 0.1) is 6.04 Å². The normalized spacial score (nSPS) is 22.7. The standard InChI is InChI=1S/C16H30N4O2/c1-13(12-17-3)15(21)20-10-8-18(9-11-20)14(2)16(22)19-6-4-5-7-19/h13-14,17H,4-12H2,1-3H3. The van der Waals surface area contributed by atoms with Crippen LogP contribution in [0.15, 0.2) is 0 Å². The van der Waals surface area contributed by atoms with Crippen LogP contribution in [0.1, 0.15) is 26.7 Å². The van der Waals surface area contributed by atoms with E-state index in [1.165, 1.54) is 0 Å². The van der Waals surface area contributed by atoms with Gasteiger partial charge in [-0.1, -0.05) is 6.92 Å².